The third-order valence-corrected chi connectivity index (χ3v) is 8.07. The van der Waals surface area contributed by atoms with E-state index in [0.29, 0.717) is 40.0 Å². The van der Waals surface area contributed by atoms with Gasteiger partial charge < -0.3 is 24.4 Å². The standard InChI is InChI=1S/C26H23N3O4S.C9H11NO/c1-29(2)19-6-4-5-16(13-19)14-21-24(17-7-12-22-23(15-17)28-34-27-22)25(30)33-26(21,31)18-8-10-20(32-3)11-9-18;1-10(2)9-5-3-4-8(6-9)7-11/h4-13,15,31H,14H2,1-3H3;3-7H,1-2H3. The number of methoxy groups -OCH3 is 1. The Morgan fingerprint density at radius 2 is 1.53 bits per heavy atom. The van der Waals surface area contributed by atoms with Gasteiger partial charge in [0.15, 0.2) is 0 Å². The Morgan fingerprint density at radius 3 is 2.20 bits per heavy atom. The van der Waals surface area contributed by atoms with E-state index in [1.807, 2.05) is 98.7 Å². The molecule has 0 amide bonds. The van der Waals surface area contributed by atoms with Crippen molar-refractivity contribution in [2.45, 2.75) is 12.2 Å². The Bertz CT molecular complexity index is 1870. The van der Waals surface area contributed by atoms with Crippen molar-refractivity contribution < 1.29 is 24.2 Å². The van der Waals surface area contributed by atoms with Crippen LogP contribution in [0.1, 0.15) is 27.0 Å². The molecular weight excluding hydrogens is 588 g/mol. The molecule has 1 unspecified atom stereocenters. The minimum atomic E-state index is -1.91. The van der Waals surface area contributed by atoms with E-state index in [-0.39, 0.29) is 0 Å². The van der Waals surface area contributed by atoms with Crippen molar-refractivity contribution >= 4 is 52.0 Å². The van der Waals surface area contributed by atoms with Gasteiger partial charge in [0.25, 0.3) is 5.79 Å². The summed E-state index contributed by atoms with van der Waals surface area (Å²) in [5.74, 6) is -1.86. The SMILES string of the molecule is CN(C)c1cccc(C=O)c1.COc1ccc(C2(O)OC(=O)C(c3ccc4nsnc4c3)=C2Cc2cccc(N(C)C)c2)cc1. The molecule has 45 heavy (non-hydrogen) atoms. The van der Waals surface area contributed by atoms with Gasteiger partial charge in [0.2, 0.25) is 0 Å². The van der Waals surface area contributed by atoms with Crippen LogP contribution in [0.2, 0.25) is 0 Å². The topological polar surface area (TPSA) is 105 Å². The van der Waals surface area contributed by atoms with Crippen LogP contribution < -0.4 is 14.5 Å². The smallest absolute Gasteiger partial charge is 0.342 e. The number of aromatic nitrogens is 2. The van der Waals surface area contributed by atoms with Crippen LogP contribution in [0, 0.1) is 0 Å². The average molecular weight is 623 g/mol. The Labute approximate surface area is 266 Å². The van der Waals surface area contributed by atoms with Crippen LogP contribution in [0.15, 0.2) is 96.6 Å². The summed E-state index contributed by atoms with van der Waals surface area (Å²) in [5.41, 5.74) is 7.08. The second-order valence-corrected chi connectivity index (χ2v) is 11.5. The second-order valence-electron chi connectivity index (χ2n) is 10.9. The summed E-state index contributed by atoms with van der Waals surface area (Å²) in [6.07, 6.45) is 1.17. The summed E-state index contributed by atoms with van der Waals surface area (Å²) < 4.78 is 19.5. The van der Waals surface area contributed by atoms with Crippen LogP contribution in [0.25, 0.3) is 16.6 Å². The van der Waals surface area contributed by atoms with Crippen molar-refractivity contribution in [3.63, 3.8) is 0 Å². The lowest BCUT2D eigenvalue weighted by molar-refractivity contribution is -0.185. The molecule has 230 valence electrons. The molecule has 0 saturated carbocycles. The number of esters is 1. The lowest BCUT2D eigenvalue weighted by Crippen LogP contribution is -2.29. The normalized spacial score (nSPS) is 15.7. The first-order valence-corrected chi connectivity index (χ1v) is 14.9. The molecule has 1 aromatic heterocycles. The van der Waals surface area contributed by atoms with Gasteiger partial charge in [0.1, 0.15) is 23.1 Å². The van der Waals surface area contributed by atoms with E-state index in [4.69, 9.17) is 9.47 Å². The van der Waals surface area contributed by atoms with Crippen molar-refractivity contribution in [1.29, 1.82) is 0 Å². The van der Waals surface area contributed by atoms with Crippen molar-refractivity contribution in [2.24, 2.45) is 0 Å². The number of aliphatic hydroxyl groups is 1. The summed E-state index contributed by atoms with van der Waals surface area (Å²) in [7, 11) is 9.41. The lowest BCUT2D eigenvalue weighted by atomic mass is 9.88. The van der Waals surface area contributed by atoms with Crippen molar-refractivity contribution in [3.05, 3.63) is 119 Å². The number of nitrogens with zero attached hydrogens (tertiary/aromatic N) is 4. The van der Waals surface area contributed by atoms with Gasteiger partial charge in [-0.05, 0) is 71.8 Å². The molecule has 1 atom stereocenters. The third kappa shape index (κ3) is 6.72. The highest BCUT2D eigenvalue weighted by molar-refractivity contribution is 7.00. The maximum Gasteiger partial charge on any atom is 0.342 e. The van der Waals surface area contributed by atoms with Gasteiger partial charge in [-0.25, -0.2) is 4.79 Å². The number of rotatable bonds is 8. The molecule has 1 aliphatic heterocycles. The van der Waals surface area contributed by atoms with Crippen LogP contribution in [-0.2, 0) is 21.7 Å². The molecular formula is C35H34N4O5S. The molecule has 2 heterocycles. The molecule has 0 saturated heterocycles. The summed E-state index contributed by atoms with van der Waals surface area (Å²) in [4.78, 5) is 27.6. The summed E-state index contributed by atoms with van der Waals surface area (Å²) in [6, 6.07) is 27.8. The second kappa shape index (κ2) is 13.3. The largest absolute Gasteiger partial charge is 0.497 e. The van der Waals surface area contributed by atoms with Gasteiger partial charge in [-0.2, -0.15) is 8.75 Å². The third-order valence-electron chi connectivity index (χ3n) is 7.51. The van der Waals surface area contributed by atoms with Crippen LogP contribution in [0.3, 0.4) is 0 Å². The zero-order chi connectivity index (χ0) is 32.1. The predicted octanol–water partition coefficient (Wildman–Crippen LogP) is 5.73. The van der Waals surface area contributed by atoms with Crippen LogP contribution in [0.5, 0.6) is 5.75 Å². The molecule has 1 aliphatic rings. The van der Waals surface area contributed by atoms with Crippen molar-refractivity contribution in [3.8, 4) is 5.75 Å². The molecule has 0 bridgehead atoms. The number of hydrogen-bond donors (Lipinski definition) is 1. The molecule has 4 aromatic carbocycles. The van der Waals surface area contributed by atoms with Crippen LogP contribution in [0.4, 0.5) is 11.4 Å². The highest BCUT2D eigenvalue weighted by atomic mass is 32.1. The maximum absolute atomic E-state index is 13.2. The minimum Gasteiger partial charge on any atom is -0.497 e. The quantitative estimate of drug-likeness (QED) is 0.172. The fraction of sp³-hybridized carbons (Fsp3) is 0.200. The molecule has 0 fully saturated rings. The van der Waals surface area contributed by atoms with Gasteiger partial charge in [0, 0.05) is 62.7 Å². The first-order chi connectivity index (χ1) is 21.6. The summed E-state index contributed by atoms with van der Waals surface area (Å²) >= 11 is 1.11. The molecule has 5 aromatic rings. The zero-order valence-electron chi connectivity index (χ0n) is 25.7. The van der Waals surface area contributed by atoms with E-state index in [2.05, 4.69) is 8.75 Å². The number of aldehydes is 1. The Hall–Kier alpha value is -5.06. The zero-order valence-corrected chi connectivity index (χ0v) is 26.5. The highest BCUT2D eigenvalue weighted by Gasteiger charge is 2.48. The summed E-state index contributed by atoms with van der Waals surface area (Å²) in [5, 5.41) is 11.8. The molecule has 0 radical (unpaired) electrons. The molecule has 0 aliphatic carbocycles. The van der Waals surface area contributed by atoms with E-state index in [1.165, 1.54) is 0 Å². The van der Waals surface area contributed by atoms with E-state index in [1.54, 1.807) is 37.4 Å². The maximum atomic E-state index is 13.2. The van der Waals surface area contributed by atoms with E-state index >= 15 is 0 Å². The first kappa shape index (κ1) is 31.4. The van der Waals surface area contributed by atoms with E-state index in [9.17, 15) is 14.7 Å². The summed E-state index contributed by atoms with van der Waals surface area (Å²) in [6.45, 7) is 0. The highest BCUT2D eigenvalue weighted by Crippen LogP contribution is 2.45. The number of fused-ring (bicyclic) bond motifs is 1. The van der Waals surface area contributed by atoms with Gasteiger partial charge in [-0.3, -0.25) is 4.79 Å². The molecule has 6 rings (SSSR count). The Balaban J connectivity index is 0.000000309. The monoisotopic (exact) mass is 622 g/mol. The number of anilines is 2. The Morgan fingerprint density at radius 1 is 0.867 bits per heavy atom. The fourth-order valence-electron chi connectivity index (χ4n) is 5.05. The van der Waals surface area contributed by atoms with Crippen LogP contribution >= 0.6 is 11.7 Å². The number of benzene rings is 4. The number of ether oxygens (including phenoxy) is 2. The van der Waals surface area contributed by atoms with Gasteiger partial charge in [-0.15, -0.1) is 0 Å². The average Bonchev–Trinajstić information content (AvgIpc) is 3.62. The van der Waals surface area contributed by atoms with Crippen LogP contribution in [-0.4, -0.2) is 61.4 Å². The number of carbonyl (C=O) groups is 2. The minimum absolute atomic E-state index is 0.318. The Kier molecular flexibility index (Phi) is 9.26. The van der Waals surface area contributed by atoms with E-state index < -0.39 is 11.8 Å². The van der Waals surface area contributed by atoms with Gasteiger partial charge in [-0.1, -0.05) is 30.3 Å². The van der Waals surface area contributed by atoms with Crippen molar-refractivity contribution in [2.75, 3.05) is 45.1 Å². The molecule has 9 nitrogen and oxygen atoms in total. The lowest BCUT2D eigenvalue weighted by Gasteiger charge is -2.26. The molecule has 10 heteroatoms. The van der Waals surface area contributed by atoms with E-state index in [0.717, 1.165) is 46.0 Å². The number of carbonyl (C=O) groups excluding carboxylic acids is 2. The molecule has 1 N–H and O–H groups in total. The number of cyclic esters (lactones) is 1. The predicted molar refractivity (Wildman–Crippen MR) is 178 cm³/mol. The van der Waals surface area contributed by atoms with Gasteiger partial charge in [0.05, 0.1) is 24.4 Å². The fourth-order valence-corrected chi connectivity index (χ4v) is 5.57. The molecule has 0 spiro atoms. The van der Waals surface area contributed by atoms with Gasteiger partial charge >= 0.3 is 5.97 Å². The first-order valence-electron chi connectivity index (χ1n) is 14.2. The number of hydrogen-bond acceptors (Lipinski definition) is 10. The van der Waals surface area contributed by atoms with Crippen molar-refractivity contribution in [1.82, 2.24) is 8.75 Å².